The Morgan fingerprint density at radius 1 is 1.29 bits per heavy atom. The van der Waals surface area contributed by atoms with Gasteiger partial charge in [-0.1, -0.05) is 12.1 Å². The molecule has 1 aromatic rings. The summed E-state index contributed by atoms with van der Waals surface area (Å²) in [5, 5.41) is 0. The molecule has 0 spiro atoms. The zero-order valence-electron chi connectivity index (χ0n) is 8.88. The standard InChI is InChI=1S/C10H10ClF3O2S/c1-7-2-3-8(4-5-17(11,15)16)6-9(7)10(12,13)14/h2-3,6H,4-5H2,1H3. The summed E-state index contributed by atoms with van der Waals surface area (Å²) in [6.07, 6.45) is -4.46. The van der Waals surface area contributed by atoms with Crippen molar-refractivity contribution < 1.29 is 21.6 Å². The largest absolute Gasteiger partial charge is 0.416 e. The van der Waals surface area contributed by atoms with Gasteiger partial charge >= 0.3 is 6.18 Å². The molecule has 17 heavy (non-hydrogen) atoms. The highest BCUT2D eigenvalue weighted by molar-refractivity contribution is 8.13. The number of aryl methyl sites for hydroxylation is 2. The Balaban J connectivity index is 2.98. The van der Waals surface area contributed by atoms with Crippen molar-refractivity contribution in [2.75, 3.05) is 5.75 Å². The fourth-order valence-corrected chi connectivity index (χ4v) is 2.08. The molecule has 2 nitrogen and oxygen atoms in total. The maximum absolute atomic E-state index is 12.6. The average Bonchev–Trinajstić information content (AvgIpc) is 2.13. The van der Waals surface area contributed by atoms with Crippen LogP contribution in [0.25, 0.3) is 0 Å². The van der Waals surface area contributed by atoms with Gasteiger partial charge in [-0.25, -0.2) is 8.42 Å². The first-order chi connectivity index (χ1) is 7.59. The summed E-state index contributed by atoms with van der Waals surface area (Å²) >= 11 is 0. The highest BCUT2D eigenvalue weighted by Gasteiger charge is 2.32. The summed E-state index contributed by atoms with van der Waals surface area (Å²) in [6.45, 7) is 1.35. The molecule has 0 N–H and O–H groups in total. The Hall–Kier alpha value is -0.750. The van der Waals surface area contributed by atoms with Crippen LogP contribution >= 0.6 is 10.7 Å². The van der Waals surface area contributed by atoms with Gasteiger partial charge in [0.05, 0.1) is 11.3 Å². The molecule has 0 radical (unpaired) electrons. The van der Waals surface area contributed by atoms with Crippen LogP contribution in [-0.2, 0) is 21.6 Å². The molecule has 7 heteroatoms. The molecule has 0 atom stereocenters. The zero-order valence-corrected chi connectivity index (χ0v) is 10.5. The van der Waals surface area contributed by atoms with Crippen molar-refractivity contribution in [1.82, 2.24) is 0 Å². The second-order valence-corrected chi connectivity index (χ2v) is 6.54. The van der Waals surface area contributed by atoms with Gasteiger partial charge in [0.1, 0.15) is 0 Å². The van der Waals surface area contributed by atoms with E-state index in [1.165, 1.54) is 19.1 Å². The summed E-state index contributed by atoms with van der Waals surface area (Å²) < 4.78 is 59.1. The minimum Gasteiger partial charge on any atom is -0.212 e. The van der Waals surface area contributed by atoms with Gasteiger partial charge in [-0.2, -0.15) is 13.2 Å². The molecule has 0 amide bonds. The van der Waals surface area contributed by atoms with E-state index in [0.29, 0.717) is 5.56 Å². The van der Waals surface area contributed by atoms with E-state index < -0.39 is 20.8 Å². The Bertz CT molecular complexity index is 509. The number of alkyl halides is 3. The summed E-state index contributed by atoms with van der Waals surface area (Å²) in [4.78, 5) is 0. The lowest BCUT2D eigenvalue weighted by molar-refractivity contribution is -0.138. The molecular formula is C10H10ClF3O2S. The van der Waals surface area contributed by atoms with Crippen molar-refractivity contribution in [2.24, 2.45) is 0 Å². The molecule has 1 rings (SSSR count). The van der Waals surface area contributed by atoms with Crippen LogP contribution in [0.4, 0.5) is 13.2 Å². The summed E-state index contributed by atoms with van der Waals surface area (Å²) in [6, 6.07) is 3.74. The van der Waals surface area contributed by atoms with E-state index in [2.05, 4.69) is 0 Å². The van der Waals surface area contributed by atoms with E-state index >= 15 is 0 Å². The van der Waals surface area contributed by atoms with Gasteiger partial charge in [0, 0.05) is 10.7 Å². The minimum absolute atomic E-state index is 0.0325. The van der Waals surface area contributed by atoms with Crippen molar-refractivity contribution in [2.45, 2.75) is 19.5 Å². The second-order valence-electron chi connectivity index (χ2n) is 3.64. The van der Waals surface area contributed by atoms with Crippen LogP contribution in [0.5, 0.6) is 0 Å². The van der Waals surface area contributed by atoms with Crippen molar-refractivity contribution in [3.05, 3.63) is 34.9 Å². The molecule has 0 aliphatic rings. The Morgan fingerprint density at radius 3 is 2.35 bits per heavy atom. The van der Waals surface area contributed by atoms with E-state index in [1.54, 1.807) is 0 Å². The smallest absolute Gasteiger partial charge is 0.212 e. The molecule has 96 valence electrons. The van der Waals surface area contributed by atoms with Crippen LogP contribution < -0.4 is 0 Å². The Morgan fingerprint density at radius 2 is 1.88 bits per heavy atom. The lowest BCUT2D eigenvalue weighted by Crippen LogP contribution is -2.09. The van der Waals surface area contributed by atoms with E-state index in [0.717, 1.165) is 6.07 Å². The molecule has 0 heterocycles. The lowest BCUT2D eigenvalue weighted by atomic mass is 10.0. The monoisotopic (exact) mass is 286 g/mol. The Kier molecular flexibility index (Phi) is 4.09. The van der Waals surface area contributed by atoms with E-state index in [9.17, 15) is 21.6 Å². The highest BCUT2D eigenvalue weighted by Crippen LogP contribution is 2.32. The van der Waals surface area contributed by atoms with Gasteiger partial charge in [-0.3, -0.25) is 0 Å². The molecule has 0 bridgehead atoms. The number of hydrogen-bond donors (Lipinski definition) is 0. The third-order valence-electron chi connectivity index (χ3n) is 2.24. The molecule has 0 aliphatic carbocycles. The van der Waals surface area contributed by atoms with Crippen LogP contribution in [0.1, 0.15) is 16.7 Å². The SMILES string of the molecule is Cc1ccc(CCS(=O)(=O)Cl)cc1C(F)(F)F. The summed E-state index contributed by atoms with van der Waals surface area (Å²) in [7, 11) is 1.30. The predicted molar refractivity (Wildman–Crippen MR) is 59.5 cm³/mol. The van der Waals surface area contributed by atoms with Crippen LogP contribution in [0.15, 0.2) is 18.2 Å². The second kappa shape index (κ2) is 4.86. The highest BCUT2D eigenvalue weighted by atomic mass is 35.7. The van der Waals surface area contributed by atoms with Crippen LogP contribution in [0.2, 0.25) is 0 Å². The number of halogens is 4. The molecule has 0 saturated carbocycles. The molecular weight excluding hydrogens is 277 g/mol. The van der Waals surface area contributed by atoms with Gasteiger partial charge in [0.2, 0.25) is 9.05 Å². The van der Waals surface area contributed by atoms with Gasteiger partial charge in [0.15, 0.2) is 0 Å². The van der Waals surface area contributed by atoms with Gasteiger partial charge in [-0.15, -0.1) is 0 Å². The topological polar surface area (TPSA) is 34.1 Å². The van der Waals surface area contributed by atoms with Gasteiger partial charge in [-0.05, 0) is 30.5 Å². The number of rotatable bonds is 3. The maximum Gasteiger partial charge on any atom is 0.416 e. The van der Waals surface area contributed by atoms with Crippen molar-refractivity contribution in [3.8, 4) is 0 Å². The minimum atomic E-state index is -4.43. The number of hydrogen-bond acceptors (Lipinski definition) is 2. The summed E-state index contributed by atoms with van der Waals surface area (Å²) in [5.74, 6) is -0.380. The van der Waals surface area contributed by atoms with Crippen molar-refractivity contribution in [1.29, 1.82) is 0 Å². The molecule has 0 fully saturated rings. The average molecular weight is 287 g/mol. The predicted octanol–water partition coefficient (Wildman–Crippen LogP) is 3.12. The maximum atomic E-state index is 12.6. The lowest BCUT2D eigenvalue weighted by Gasteiger charge is -2.11. The fourth-order valence-electron chi connectivity index (χ4n) is 1.37. The van der Waals surface area contributed by atoms with Crippen LogP contribution in [0, 0.1) is 6.92 Å². The third-order valence-corrected chi connectivity index (χ3v) is 3.40. The van der Waals surface area contributed by atoms with Gasteiger partial charge < -0.3 is 0 Å². The molecule has 0 aromatic heterocycles. The van der Waals surface area contributed by atoms with Crippen molar-refractivity contribution in [3.63, 3.8) is 0 Å². The summed E-state index contributed by atoms with van der Waals surface area (Å²) in [5.41, 5.74) is -0.343. The van der Waals surface area contributed by atoms with Gasteiger partial charge in [0.25, 0.3) is 0 Å². The molecule has 0 unspecified atom stereocenters. The normalized spacial score (nSPS) is 12.8. The third kappa shape index (κ3) is 4.55. The molecule has 1 aromatic carbocycles. The zero-order chi connectivity index (χ0) is 13.3. The van der Waals surface area contributed by atoms with E-state index in [1.807, 2.05) is 0 Å². The molecule has 0 aliphatic heterocycles. The Labute approximate surface area is 102 Å². The first kappa shape index (κ1) is 14.3. The van der Waals surface area contributed by atoms with Crippen LogP contribution in [-0.4, -0.2) is 14.2 Å². The first-order valence-electron chi connectivity index (χ1n) is 4.68. The van der Waals surface area contributed by atoms with Crippen molar-refractivity contribution >= 4 is 19.7 Å². The van der Waals surface area contributed by atoms with Crippen LogP contribution in [0.3, 0.4) is 0 Å². The van der Waals surface area contributed by atoms with E-state index in [4.69, 9.17) is 10.7 Å². The quantitative estimate of drug-likeness (QED) is 0.800. The molecule has 0 saturated heterocycles. The van der Waals surface area contributed by atoms with E-state index in [-0.39, 0.29) is 17.7 Å². The first-order valence-corrected chi connectivity index (χ1v) is 7.16. The fraction of sp³-hybridized carbons (Fsp3) is 0.400. The number of benzene rings is 1.